The Morgan fingerprint density at radius 2 is 2.15 bits per heavy atom. The molecule has 0 saturated heterocycles. The maximum absolute atomic E-state index is 12.1. The number of aliphatic hydroxyl groups excluding tert-OH is 1. The Bertz CT molecular complexity index is 681. The zero-order chi connectivity index (χ0) is 20.4. The van der Waals surface area contributed by atoms with E-state index in [4.69, 9.17) is 14.6 Å². The second-order valence-corrected chi connectivity index (χ2v) is 8.21. The van der Waals surface area contributed by atoms with E-state index in [2.05, 4.69) is 11.8 Å². The molecule has 7 heteroatoms. The molecule has 1 aromatic heterocycles. The number of nitrogens with zero attached hydrogens (tertiary/aromatic N) is 1. The molecule has 1 amide bonds. The van der Waals surface area contributed by atoms with E-state index in [1.807, 2.05) is 27.7 Å². The maximum Gasteiger partial charge on any atom is 0.350 e. The van der Waals surface area contributed by atoms with Crippen LogP contribution in [0, 0.1) is 17.3 Å². The number of hydrogen-bond donors (Lipinski definition) is 1. The van der Waals surface area contributed by atoms with Gasteiger partial charge in [-0.1, -0.05) is 11.8 Å². The lowest BCUT2D eigenvalue weighted by Gasteiger charge is -2.19. The molecule has 0 aliphatic carbocycles. The van der Waals surface area contributed by atoms with Crippen molar-refractivity contribution in [3.8, 4) is 11.8 Å². The Kier molecular flexibility index (Phi) is 9.50. The van der Waals surface area contributed by atoms with E-state index in [-0.39, 0.29) is 18.1 Å². The summed E-state index contributed by atoms with van der Waals surface area (Å²) in [6, 6.07) is 1.74. The highest BCUT2D eigenvalue weighted by Gasteiger charge is 2.21. The molecule has 1 atom stereocenters. The molecule has 0 aliphatic rings. The summed E-state index contributed by atoms with van der Waals surface area (Å²) < 4.78 is 10.5. The minimum Gasteiger partial charge on any atom is -0.465 e. The van der Waals surface area contributed by atoms with Crippen molar-refractivity contribution in [1.29, 1.82) is 0 Å². The highest BCUT2D eigenvalue weighted by molar-refractivity contribution is 7.15. The summed E-state index contributed by atoms with van der Waals surface area (Å²) in [5, 5.41) is 8.85. The van der Waals surface area contributed by atoms with Crippen LogP contribution in [-0.4, -0.2) is 50.5 Å². The molecule has 1 heterocycles. The fourth-order valence-electron chi connectivity index (χ4n) is 2.19. The number of amides is 1. The average molecular weight is 396 g/mol. The molecule has 27 heavy (non-hydrogen) atoms. The zero-order valence-corrected chi connectivity index (χ0v) is 17.5. The van der Waals surface area contributed by atoms with Crippen LogP contribution in [0.15, 0.2) is 6.07 Å². The van der Waals surface area contributed by atoms with Crippen LogP contribution in [0.4, 0.5) is 5.69 Å². The van der Waals surface area contributed by atoms with E-state index >= 15 is 0 Å². The monoisotopic (exact) mass is 395 g/mol. The van der Waals surface area contributed by atoms with Gasteiger partial charge in [-0.2, -0.15) is 0 Å². The van der Waals surface area contributed by atoms with E-state index in [9.17, 15) is 9.59 Å². The van der Waals surface area contributed by atoms with E-state index in [0.29, 0.717) is 41.4 Å². The first-order chi connectivity index (χ1) is 12.7. The van der Waals surface area contributed by atoms with Gasteiger partial charge < -0.3 is 19.5 Å². The number of ether oxygens (including phenoxy) is 2. The maximum atomic E-state index is 12.1. The second kappa shape index (κ2) is 11.1. The number of carbonyl (C=O) groups excluding carboxylic acids is 2. The summed E-state index contributed by atoms with van der Waals surface area (Å²) in [5.41, 5.74) is 0.310. The highest BCUT2D eigenvalue weighted by Crippen LogP contribution is 2.30. The Labute approximate surface area is 165 Å². The van der Waals surface area contributed by atoms with Gasteiger partial charge in [0.05, 0.1) is 30.4 Å². The number of methoxy groups -OCH3 is 1. The van der Waals surface area contributed by atoms with Gasteiger partial charge in [0.15, 0.2) is 0 Å². The predicted molar refractivity (Wildman–Crippen MR) is 107 cm³/mol. The smallest absolute Gasteiger partial charge is 0.350 e. The van der Waals surface area contributed by atoms with Crippen molar-refractivity contribution in [3.63, 3.8) is 0 Å². The number of thiophene rings is 1. The number of esters is 1. The Hall–Kier alpha value is -1.88. The van der Waals surface area contributed by atoms with Crippen LogP contribution in [0.2, 0.25) is 0 Å². The van der Waals surface area contributed by atoms with Crippen LogP contribution in [-0.2, 0) is 14.3 Å². The predicted octanol–water partition coefficient (Wildman–Crippen LogP) is 3.07. The molecule has 0 saturated carbocycles. The van der Waals surface area contributed by atoms with Gasteiger partial charge in [-0.15, -0.1) is 11.3 Å². The van der Waals surface area contributed by atoms with Crippen molar-refractivity contribution < 1.29 is 24.2 Å². The van der Waals surface area contributed by atoms with Gasteiger partial charge in [0, 0.05) is 18.6 Å². The van der Waals surface area contributed by atoms with E-state index in [1.54, 1.807) is 6.07 Å². The SMILES string of the molecule is COC(=O)c1sc(C#CC(C)(C)C)cc1N(C=O)CCOC(C)CCCO. The standard InChI is InChI=1S/C20H29NO5S/c1-15(7-6-11-22)26-12-10-21(14-23)17-13-16(8-9-20(2,3)4)27-18(17)19(24)25-5/h13-15,22H,6-7,10-12H2,1-5H3. The molecule has 0 bridgehead atoms. The molecule has 0 spiro atoms. The van der Waals surface area contributed by atoms with Crippen LogP contribution in [0.25, 0.3) is 0 Å². The minimum absolute atomic E-state index is 0.0126. The van der Waals surface area contributed by atoms with E-state index < -0.39 is 5.97 Å². The fourth-order valence-corrected chi connectivity index (χ4v) is 3.13. The van der Waals surface area contributed by atoms with Crippen molar-refractivity contribution in [3.05, 3.63) is 15.8 Å². The molecule has 0 fully saturated rings. The molecule has 150 valence electrons. The average Bonchev–Trinajstić information content (AvgIpc) is 3.04. The lowest BCUT2D eigenvalue weighted by atomic mass is 9.98. The highest BCUT2D eigenvalue weighted by atomic mass is 32.1. The van der Waals surface area contributed by atoms with Crippen molar-refractivity contribution in [2.45, 2.75) is 46.6 Å². The van der Waals surface area contributed by atoms with Crippen LogP contribution in [0.3, 0.4) is 0 Å². The summed E-state index contributed by atoms with van der Waals surface area (Å²) in [4.78, 5) is 26.2. The minimum atomic E-state index is -0.497. The summed E-state index contributed by atoms with van der Waals surface area (Å²) >= 11 is 1.21. The molecular formula is C20H29NO5S. The molecule has 0 radical (unpaired) electrons. The second-order valence-electron chi connectivity index (χ2n) is 7.16. The van der Waals surface area contributed by atoms with E-state index in [0.717, 1.165) is 6.42 Å². The molecular weight excluding hydrogens is 366 g/mol. The van der Waals surface area contributed by atoms with Crippen molar-refractivity contribution in [2.75, 3.05) is 31.8 Å². The Morgan fingerprint density at radius 1 is 1.44 bits per heavy atom. The molecule has 1 unspecified atom stereocenters. The van der Waals surface area contributed by atoms with Gasteiger partial charge in [0.25, 0.3) is 0 Å². The van der Waals surface area contributed by atoms with Gasteiger partial charge >= 0.3 is 5.97 Å². The largest absolute Gasteiger partial charge is 0.465 e. The topological polar surface area (TPSA) is 76.1 Å². The summed E-state index contributed by atoms with van der Waals surface area (Å²) in [7, 11) is 1.31. The van der Waals surface area contributed by atoms with Gasteiger partial charge in [0.1, 0.15) is 4.88 Å². The van der Waals surface area contributed by atoms with Crippen LogP contribution in [0.1, 0.15) is 55.1 Å². The van der Waals surface area contributed by atoms with E-state index in [1.165, 1.54) is 23.3 Å². The molecule has 0 aromatic carbocycles. The van der Waals surface area contributed by atoms with Crippen LogP contribution < -0.4 is 4.90 Å². The number of anilines is 1. The van der Waals surface area contributed by atoms with Crippen molar-refractivity contribution >= 4 is 29.4 Å². The Balaban J connectivity index is 2.94. The number of hydrogen-bond acceptors (Lipinski definition) is 6. The Morgan fingerprint density at radius 3 is 2.70 bits per heavy atom. The van der Waals surface area contributed by atoms with Crippen LogP contribution in [0.5, 0.6) is 0 Å². The fraction of sp³-hybridized carbons (Fsp3) is 0.600. The summed E-state index contributed by atoms with van der Waals surface area (Å²) in [6.07, 6.45) is 2.08. The molecule has 1 rings (SSSR count). The summed E-state index contributed by atoms with van der Waals surface area (Å²) in [6.45, 7) is 8.69. The number of rotatable bonds is 10. The normalized spacial score (nSPS) is 12.1. The third-order valence-electron chi connectivity index (χ3n) is 3.58. The lowest BCUT2D eigenvalue weighted by molar-refractivity contribution is -0.107. The van der Waals surface area contributed by atoms with Crippen molar-refractivity contribution in [1.82, 2.24) is 0 Å². The van der Waals surface area contributed by atoms with Gasteiger partial charge in [-0.05, 0) is 46.6 Å². The number of aliphatic hydroxyl groups is 1. The third-order valence-corrected chi connectivity index (χ3v) is 4.60. The van der Waals surface area contributed by atoms with Gasteiger partial charge in [-0.3, -0.25) is 4.79 Å². The molecule has 6 nitrogen and oxygen atoms in total. The molecule has 0 aliphatic heterocycles. The van der Waals surface area contributed by atoms with Crippen LogP contribution >= 0.6 is 11.3 Å². The van der Waals surface area contributed by atoms with Gasteiger partial charge in [0.2, 0.25) is 6.41 Å². The summed E-state index contributed by atoms with van der Waals surface area (Å²) in [5.74, 6) is 5.69. The molecule has 1 aromatic rings. The third kappa shape index (κ3) is 8.12. The van der Waals surface area contributed by atoms with Gasteiger partial charge in [-0.25, -0.2) is 4.79 Å². The molecule has 1 N–H and O–H groups in total. The first-order valence-corrected chi connectivity index (χ1v) is 9.73. The quantitative estimate of drug-likeness (QED) is 0.374. The zero-order valence-electron chi connectivity index (χ0n) is 16.7. The number of carbonyl (C=O) groups is 2. The van der Waals surface area contributed by atoms with Crippen molar-refractivity contribution in [2.24, 2.45) is 5.41 Å². The first kappa shape index (κ1) is 23.2. The lowest BCUT2D eigenvalue weighted by Crippen LogP contribution is -2.28. The first-order valence-electron chi connectivity index (χ1n) is 8.91.